The van der Waals surface area contributed by atoms with Crippen LogP contribution in [0.25, 0.3) is 5.57 Å². The lowest BCUT2D eigenvalue weighted by atomic mass is 9.81. The van der Waals surface area contributed by atoms with Gasteiger partial charge in [0, 0.05) is 35.9 Å². The lowest BCUT2D eigenvalue weighted by Gasteiger charge is -2.38. The molecule has 1 N–H and O–H groups in total. The maximum Gasteiger partial charge on any atom is 0.433 e. The number of benzene rings is 1. The Morgan fingerprint density at radius 3 is 2.38 bits per heavy atom. The van der Waals surface area contributed by atoms with Crippen molar-refractivity contribution >= 4 is 11.5 Å². The van der Waals surface area contributed by atoms with Gasteiger partial charge in [0.05, 0.1) is 6.10 Å². The van der Waals surface area contributed by atoms with Crippen LogP contribution in [0.5, 0.6) is 0 Å². The quantitative estimate of drug-likeness (QED) is 0.456. The number of rotatable bonds is 5. The van der Waals surface area contributed by atoms with E-state index in [0.29, 0.717) is 0 Å². The summed E-state index contributed by atoms with van der Waals surface area (Å²) in [6.45, 7) is 7.83. The molecule has 0 radical (unpaired) electrons. The first-order valence-electron chi connectivity index (χ1n) is 10.5. The molecule has 6 nitrogen and oxygen atoms in total. The molecule has 1 aliphatic rings. The number of methoxy groups -OCH3 is 1. The number of nitrogens with one attached hydrogen (secondary N) is 1. The first kappa shape index (κ1) is 25.7. The minimum absolute atomic E-state index is 0.0651. The first-order chi connectivity index (χ1) is 15.7. The fraction of sp³-hybridized carbons (Fsp3) is 0.478. The molecule has 1 unspecified atom stereocenters. The third-order valence-electron chi connectivity index (χ3n) is 5.60. The molecule has 0 fully saturated rings. The van der Waals surface area contributed by atoms with Gasteiger partial charge in [0.15, 0.2) is 17.9 Å². The Morgan fingerprint density at radius 1 is 1.21 bits per heavy atom. The average molecular weight is 487 g/mol. The van der Waals surface area contributed by atoms with Gasteiger partial charge in [-0.2, -0.15) is 18.3 Å². The van der Waals surface area contributed by atoms with E-state index in [0.717, 1.165) is 12.1 Å². The molecule has 0 bridgehead atoms. The van der Waals surface area contributed by atoms with E-state index in [1.807, 2.05) is 5.10 Å². The van der Waals surface area contributed by atoms with Crippen molar-refractivity contribution in [3.8, 4) is 0 Å². The topological polar surface area (TPSA) is 67.5 Å². The van der Waals surface area contributed by atoms with Gasteiger partial charge in [-0.15, -0.1) is 0 Å². The summed E-state index contributed by atoms with van der Waals surface area (Å²) < 4.78 is 80.0. The molecular formula is C23H26F5N3O3. The fourth-order valence-corrected chi connectivity index (χ4v) is 4.21. The second-order valence-corrected chi connectivity index (χ2v) is 9.01. The number of H-pyrrole nitrogens is 1. The van der Waals surface area contributed by atoms with E-state index in [2.05, 4.69) is 5.10 Å². The Hall–Kier alpha value is -2.95. The highest BCUT2D eigenvalue weighted by Gasteiger charge is 2.47. The summed E-state index contributed by atoms with van der Waals surface area (Å²) in [6.07, 6.45) is -6.35. The van der Waals surface area contributed by atoms with E-state index >= 15 is 0 Å². The number of esters is 1. The zero-order valence-electron chi connectivity index (χ0n) is 19.6. The summed E-state index contributed by atoms with van der Waals surface area (Å²) >= 11 is 0. The number of fused-ring (bicyclic) bond motifs is 1. The number of carbonyl (C=O) groups is 1. The van der Waals surface area contributed by atoms with Crippen LogP contribution in [0.1, 0.15) is 63.4 Å². The van der Waals surface area contributed by atoms with E-state index < -0.39 is 47.2 Å². The van der Waals surface area contributed by atoms with E-state index in [1.54, 1.807) is 27.7 Å². The van der Waals surface area contributed by atoms with Crippen LogP contribution in [-0.2, 0) is 25.9 Å². The summed E-state index contributed by atoms with van der Waals surface area (Å²) in [5, 5.41) is 5.92. The van der Waals surface area contributed by atoms with Crippen molar-refractivity contribution in [1.82, 2.24) is 15.1 Å². The molecule has 2 aromatic rings. The number of ether oxygens (including phenoxy) is 2. The molecule has 1 atom stereocenters. The van der Waals surface area contributed by atoms with Crippen LogP contribution in [0.2, 0.25) is 0 Å². The van der Waals surface area contributed by atoms with Gasteiger partial charge >= 0.3 is 12.1 Å². The zero-order valence-corrected chi connectivity index (χ0v) is 19.6. The van der Waals surface area contributed by atoms with Gasteiger partial charge in [0.2, 0.25) is 0 Å². The van der Waals surface area contributed by atoms with Crippen molar-refractivity contribution in [2.24, 2.45) is 0 Å². The number of aromatic amines is 1. The predicted octanol–water partition coefficient (Wildman–Crippen LogP) is 5.33. The van der Waals surface area contributed by atoms with Gasteiger partial charge in [0.1, 0.15) is 17.0 Å². The van der Waals surface area contributed by atoms with Crippen molar-refractivity contribution in [3.05, 3.63) is 58.0 Å². The van der Waals surface area contributed by atoms with Gasteiger partial charge in [-0.05, 0) is 32.9 Å². The lowest BCUT2D eigenvalue weighted by Crippen LogP contribution is -2.39. The summed E-state index contributed by atoms with van der Waals surface area (Å²) in [4.78, 5) is 14.6. The summed E-state index contributed by atoms with van der Waals surface area (Å²) in [7, 11) is 1.32. The summed E-state index contributed by atoms with van der Waals surface area (Å²) in [5.74, 6) is -3.03. The number of carbonyl (C=O) groups excluding carboxylic acids is 1. The van der Waals surface area contributed by atoms with Crippen molar-refractivity contribution in [2.45, 2.75) is 58.5 Å². The van der Waals surface area contributed by atoms with Crippen molar-refractivity contribution < 1.29 is 36.2 Å². The number of hydrogen-bond donors (Lipinski definition) is 1. The van der Waals surface area contributed by atoms with Crippen molar-refractivity contribution in [2.75, 3.05) is 13.7 Å². The van der Waals surface area contributed by atoms with Crippen LogP contribution < -0.4 is 0 Å². The monoisotopic (exact) mass is 487 g/mol. The van der Waals surface area contributed by atoms with Crippen molar-refractivity contribution in [3.63, 3.8) is 0 Å². The SMILES string of the molecule is COC(c1ccc(F)c(F)c1)N1CC(C)(C)c2c(n[nH]c2C(F)(F)F)C(C(=O)OC(C)C)=C1C. The van der Waals surface area contributed by atoms with Gasteiger partial charge in [-0.25, -0.2) is 13.6 Å². The molecule has 1 aromatic carbocycles. The molecule has 1 aromatic heterocycles. The molecule has 34 heavy (non-hydrogen) atoms. The maximum atomic E-state index is 14.0. The Labute approximate surface area is 193 Å². The Morgan fingerprint density at radius 2 is 1.85 bits per heavy atom. The first-order valence-corrected chi connectivity index (χ1v) is 10.5. The molecule has 0 saturated carbocycles. The van der Waals surface area contributed by atoms with Gasteiger partial charge in [0.25, 0.3) is 0 Å². The Bertz CT molecular complexity index is 1120. The number of hydrogen-bond acceptors (Lipinski definition) is 5. The maximum absolute atomic E-state index is 14.0. The number of alkyl halides is 3. The highest BCUT2D eigenvalue weighted by atomic mass is 19.4. The second-order valence-electron chi connectivity index (χ2n) is 9.01. The van der Waals surface area contributed by atoms with Crippen LogP contribution >= 0.6 is 0 Å². The smallest absolute Gasteiger partial charge is 0.433 e. The molecule has 0 spiro atoms. The third kappa shape index (κ3) is 4.66. The van der Waals surface area contributed by atoms with Gasteiger partial charge < -0.3 is 14.4 Å². The number of aromatic nitrogens is 2. The third-order valence-corrected chi connectivity index (χ3v) is 5.60. The largest absolute Gasteiger partial charge is 0.459 e. The van der Waals surface area contributed by atoms with Crippen LogP contribution in [0.4, 0.5) is 22.0 Å². The normalized spacial score (nSPS) is 17.0. The lowest BCUT2D eigenvalue weighted by molar-refractivity contribution is -0.142. The van der Waals surface area contributed by atoms with E-state index in [4.69, 9.17) is 9.47 Å². The van der Waals surface area contributed by atoms with E-state index in [9.17, 15) is 26.7 Å². The molecule has 11 heteroatoms. The Balaban J connectivity index is 2.28. The average Bonchev–Trinajstić information content (AvgIpc) is 3.13. The number of halogens is 5. The second kappa shape index (κ2) is 9.01. The molecular weight excluding hydrogens is 461 g/mol. The number of allylic oxidation sites excluding steroid dienone is 1. The van der Waals surface area contributed by atoms with Gasteiger partial charge in [-0.3, -0.25) is 5.10 Å². The molecule has 3 rings (SSSR count). The molecule has 0 saturated heterocycles. The van der Waals surface area contributed by atoms with Crippen LogP contribution in [0.15, 0.2) is 23.9 Å². The minimum Gasteiger partial charge on any atom is -0.459 e. The van der Waals surface area contributed by atoms with Crippen LogP contribution in [-0.4, -0.2) is 40.8 Å². The standard InChI is InChI=1S/C23H26F5N3O3/c1-11(2)34-21(32)16-12(3)31(20(33-6)13-7-8-14(24)15(25)9-13)10-22(4,5)17-18(16)29-30-19(17)23(26,27)28/h7-9,11,20H,10H2,1-6H3,(H,29,30). The van der Waals surface area contributed by atoms with Gasteiger partial charge in [-0.1, -0.05) is 19.9 Å². The molecule has 0 amide bonds. The van der Waals surface area contributed by atoms with Crippen molar-refractivity contribution in [1.29, 1.82) is 0 Å². The summed E-state index contributed by atoms with van der Waals surface area (Å²) in [5.41, 5.74) is -2.39. The molecule has 186 valence electrons. The highest BCUT2D eigenvalue weighted by molar-refractivity contribution is 6.17. The molecule has 2 heterocycles. The summed E-state index contributed by atoms with van der Waals surface area (Å²) in [6, 6.07) is 3.19. The molecule has 0 aliphatic carbocycles. The van der Waals surface area contributed by atoms with Crippen LogP contribution in [0.3, 0.4) is 0 Å². The highest BCUT2D eigenvalue weighted by Crippen LogP contribution is 2.45. The van der Waals surface area contributed by atoms with E-state index in [-0.39, 0.29) is 34.6 Å². The minimum atomic E-state index is -4.76. The fourth-order valence-electron chi connectivity index (χ4n) is 4.21. The zero-order chi connectivity index (χ0) is 25.6. The Kier molecular flexibility index (Phi) is 6.80. The van der Waals surface area contributed by atoms with E-state index in [1.165, 1.54) is 25.0 Å². The number of nitrogens with zero attached hydrogens (tertiary/aromatic N) is 2. The van der Waals surface area contributed by atoms with Crippen LogP contribution in [0, 0.1) is 11.6 Å². The predicted molar refractivity (Wildman–Crippen MR) is 113 cm³/mol. The molecule has 1 aliphatic heterocycles.